The first kappa shape index (κ1) is 26.3. The molecule has 3 aromatic rings. The molecular formula is C29H32N6O4. The zero-order chi connectivity index (χ0) is 27.4. The maximum absolute atomic E-state index is 13.9. The molecular weight excluding hydrogens is 496 g/mol. The van der Waals surface area contributed by atoms with Gasteiger partial charge in [0, 0.05) is 28.8 Å². The van der Waals surface area contributed by atoms with E-state index in [1.165, 1.54) is 4.68 Å². The summed E-state index contributed by atoms with van der Waals surface area (Å²) in [5.74, 6) is 0.566. The Morgan fingerprint density at radius 2 is 1.95 bits per heavy atom. The van der Waals surface area contributed by atoms with Crippen LogP contribution in [0.1, 0.15) is 65.9 Å². The molecule has 1 fully saturated rings. The third-order valence-corrected chi connectivity index (χ3v) is 6.99. The van der Waals surface area contributed by atoms with E-state index >= 15 is 0 Å². The molecule has 1 aromatic heterocycles. The van der Waals surface area contributed by atoms with Crippen LogP contribution in [-0.4, -0.2) is 44.9 Å². The van der Waals surface area contributed by atoms with Crippen molar-refractivity contribution >= 4 is 12.0 Å². The van der Waals surface area contributed by atoms with Crippen molar-refractivity contribution in [2.45, 2.75) is 77.3 Å². The summed E-state index contributed by atoms with van der Waals surface area (Å²) in [6, 6.07) is 15.0. The second-order valence-electron chi connectivity index (χ2n) is 10.3. The Morgan fingerprint density at radius 1 is 1.15 bits per heavy atom. The van der Waals surface area contributed by atoms with E-state index in [1.54, 1.807) is 24.4 Å². The van der Waals surface area contributed by atoms with E-state index in [9.17, 15) is 9.59 Å². The Kier molecular flexibility index (Phi) is 7.84. The summed E-state index contributed by atoms with van der Waals surface area (Å²) in [6.07, 6.45) is 5.15. The topological polar surface area (TPSA) is 122 Å². The Labute approximate surface area is 227 Å². The van der Waals surface area contributed by atoms with E-state index < -0.39 is 6.09 Å². The summed E-state index contributed by atoms with van der Waals surface area (Å²) in [7, 11) is 0. The molecule has 10 heteroatoms. The monoisotopic (exact) mass is 528 g/mol. The first-order valence-electron chi connectivity index (χ1n) is 13.3. The van der Waals surface area contributed by atoms with Gasteiger partial charge in [0.1, 0.15) is 12.4 Å². The second-order valence-corrected chi connectivity index (χ2v) is 10.3. The maximum atomic E-state index is 13.9. The fourth-order valence-corrected chi connectivity index (χ4v) is 5.09. The maximum Gasteiger partial charge on any atom is 0.435 e. The highest BCUT2D eigenvalue weighted by atomic mass is 16.6. The fraction of sp³-hybridized carbons (Fsp3) is 0.414. The van der Waals surface area contributed by atoms with Crippen molar-refractivity contribution in [1.29, 1.82) is 0 Å². The summed E-state index contributed by atoms with van der Waals surface area (Å²) in [5.41, 5.74) is 12.8. The highest BCUT2D eigenvalue weighted by Gasteiger charge is 2.40. The predicted molar refractivity (Wildman–Crippen MR) is 144 cm³/mol. The van der Waals surface area contributed by atoms with Gasteiger partial charge in [-0.05, 0) is 86.4 Å². The number of hydrogen-bond acceptors (Lipinski definition) is 6. The molecule has 1 amide bonds. The van der Waals surface area contributed by atoms with E-state index in [-0.39, 0.29) is 37.2 Å². The molecule has 39 heavy (non-hydrogen) atoms. The fourth-order valence-electron chi connectivity index (χ4n) is 5.09. The Hall–Kier alpha value is -4.30. The molecule has 1 atom stereocenters. The number of aryl methyl sites for hydroxylation is 1. The van der Waals surface area contributed by atoms with Crippen LogP contribution in [0.3, 0.4) is 0 Å². The Bertz CT molecular complexity index is 1390. The number of carbonyl (C=O) groups is 2. The Balaban J connectivity index is 1.32. The molecule has 0 spiro atoms. The molecule has 5 rings (SSSR count). The minimum Gasteiger partial charge on any atom is -0.491 e. The lowest BCUT2D eigenvalue weighted by atomic mass is 9.91. The number of nitrogens with zero attached hydrogens (tertiary/aromatic N) is 6. The molecule has 0 radical (unpaired) electrons. The van der Waals surface area contributed by atoms with Gasteiger partial charge < -0.3 is 14.4 Å². The van der Waals surface area contributed by atoms with E-state index in [1.807, 2.05) is 49.1 Å². The molecule has 2 aliphatic rings. The summed E-state index contributed by atoms with van der Waals surface area (Å²) < 4.78 is 12.5. The van der Waals surface area contributed by atoms with Crippen LogP contribution in [0.2, 0.25) is 0 Å². The second kappa shape index (κ2) is 11.6. The molecule has 1 unspecified atom stereocenters. The van der Waals surface area contributed by atoms with E-state index in [2.05, 4.69) is 15.1 Å². The number of benzene rings is 2. The average molecular weight is 529 g/mol. The molecule has 0 N–H and O–H groups in total. The number of fused-ring (bicyclic) bond motifs is 1. The molecule has 1 saturated carbocycles. The summed E-state index contributed by atoms with van der Waals surface area (Å²) in [6.45, 7) is 4.11. The van der Waals surface area contributed by atoms with Crippen LogP contribution >= 0.6 is 0 Å². The van der Waals surface area contributed by atoms with Crippen molar-refractivity contribution in [3.63, 3.8) is 0 Å². The number of azide groups is 1. The van der Waals surface area contributed by atoms with Crippen molar-refractivity contribution < 1.29 is 19.1 Å². The number of amides is 1. The molecule has 0 bridgehead atoms. The van der Waals surface area contributed by atoms with E-state index in [0.29, 0.717) is 29.7 Å². The number of ether oxygens (including phenoxy) is 2. The largest absolute Gasteiger partial charge is 0.491 e. The van der Waals surface area contributed by atoms with Crippen LogP contribution in [0.4, 0.5) is 4.79 Å². The molecule has 202 valence electrons. The van der Waals surface area contributed by atoms with Crippen molar-refractivity contribution in [1.82, 2.24) is 14.7 Å². The van der Waals surface area contributed by atoms with Crippen LogP contribution in [0.5, 0.6) is 5.75 Å². The van der Waals surface area contributed by atoms with Gasteiger partial charge >= 0.3 is 6.09 Å². The highest BCUT2D eigenvalue weighted by Crippen LogP contribution is 2.35. The minimum atomic E-state index is -0.522. The van der Waals surface area contributed by atoms with Gasteiger partial charge in [0.25, 0.3) is 5.91 Å². The van der Waals surface area contributed by atoms with Gasteiger partial charge in [0.15, 0.2) is 0 Å². The lowest BCUT2D eigenvalue weighted by Gasteiger charge is -2.35. The standard InChI is InChI=1S/C29H32N6O4/c1-19(2)39-25-11-12-26(21(15-25)16-31-33-30)28(36)35(23-8-9-23)24-10-13-27-22(14-24)17-34(32-27)29(37)38-18-20-6-4-3-5-7-20/h3-7,11-12,15,17,19,23-24H,8-10,13-14,16,18H2,1-2H3. The first-order valence-corrected chi connectivity index (χ1v) is 13.3. The van der Waals surface area contributed by atoms with Crippen molar-refractivity contribution in [3.8, 4) is 5.75 Å². The first-order chi connectivity index (χ1) is 18.9. The van der Waals surface area contributed by atoms with Crippen LogP contribution in [0.25, 0.3) is 10.4 Å². The molecule has 1 heterocycles. The Morgan fingerprint density at radius 3 is 2.67 bits per heavy atom. The molecule has 2 aliphatic carbocycles. The van der Waals surface area contributed by atoms with Gasteiger partial charge in [-0.15, -0.1) is 0 Å². The highest BCUT2D eigenvalue weighted by molar-refractivity contribution is 5.96. The molecule has 10 nitrogen and oxygen atoms in total. The number of carbonyl (C=O) groups excluding carboxylic acids is 2. The van der Waals surface area contributed by atoms with Crippen LogP contribution in [0.15, 0.2) is 59.8 Å². The third-order valence-electron chi connectivity index (χ3n) is 6.99. The summed E-state index contributed by atoms with van der Waals surface area (Å²) >= 11 is 0. The van der Waals surface area contributed by atoms with Gasteiger partial charge in [-0.3, -0.25) is 4.79 Å². The predicted octanol–water partition coefficient (Wildman–Crippen LogP) is 5.83. The summed E-state index contributed by atoms with van der Waals surface area (Å²) in [4.78, 5) is 31.5. The SMILES string of the molecule is CC(C)Oc1ccc(C(=O)N(C2CC2)C2CCc3nn(C(=O)OCc4ccccc4)cc3C2)c(CN=[N+]=[N-])c1. The van der Waals surface area contributed by atoms with Crippen LogP contribution in [0, 0.1) is 0 Å². The van der Waals surface area contributed by atoms with E-state index in [0.717, 1.165) is 36.1 Å². The van der Waals surface area contributed by atoms with Crippen LogP contribution < -0.4 is 4.74 Å². The normalized spacial score (nSPS) is 16.2. The van der Waals surface area contributed by atoms with Crippen molar-refractivity contribution in [2.75, 3.05) is 0 Å². The number of aromatic nitrogens is 2. The smallest absolute Gasteiger partial charge is 0.435 e. The van der Waals surface area contributed by atoms with Gasteiger partial charge in [-0.1, -0.05) is 35.4 Å². The third kappa shape index (κ3) is 6.23. The quantitative estimate of drug-likeness (QED) is 0.196. The zero-order valence-corrected chi connectivity index (χ0v) is 22.2. The van der Waals surface area contributed by atoms with Gasteiger partial charge in [0.2, 0.25) is 0 Å². The molecule has 0 saturated heterocycles. The zero-order valence-electron chi connectivity index (χ0n) is 22.2. The summed E-state index contributed by atoms with van der Waals surface area (Å²) in [5, 5.41) is 8.20. The number of hydrogen-bond donors (Lipinski definition) is 0. The minimum absolute atomic E-state index is 0.0187. The van der Waals surface area contributed by atoms with Gasteiger partial charge in [-0.2, -0.15) is 9.78 Å². The number of rotatable bonds is 9. The van der Waals surface area contributed by atoms with Gasteiger partial charge in [0.05, 0.1) is 18.3 Å². The van der Waals surface area contributed by atoms with Gasteiger partial charge in [-0.25, -0.2) is 4.79 Å². The van der Waals surface area contributed by atoms with Crippen molar-refractivity contribution in [2.24, 2.45) is 5.11 Å². The average Bonchev–Trinajstić information content (AvgIpc) is 3.67. The lowest BCUT2D eigenvalue weighted by Crippen LogP contribution is -2.45. The molecule has 2 aromatic carbocycles. The molecule has 0 aliphatic heterocycles. The van der Waals surface area contributed by atoms with Crippen molar-refractivity contribution in [3.05, 3.63) is 93.1 Å². The lowest BCUT2D eigenvalue weighted by molar-refractivity contribution is 0.0641. The van der Waals surface area contributed by atoms with E-state index in [4.69, 9.17) is 15.0 Å². The van der Waals surface area contributed by atoms with Crippen LogP contribution in [-0.2, 0) is 30.7 Å².